The van der Waals surface area contributed by atoms with E-state index in [1.165, 1.54) is 4.79 Å². The van der Waals surface area contributed by atoms with Gasteiger partial charge in [0.2, 0.25) is 0 Å². The summed E-state index contributed by atoms with van der Waals surface area (Å²) < 4.78 is 1.80. The van der Waals surface area contributed by atoms with Crippen molar-refractivity contribution in [2.75, 3.05) is 0 Å². The lowest BCUT2D eigenvalue weighted by Crippen LogP contribution is -2.19. The number of rotatable bonds is 3. The van der Waals surface area contributed by atoms with Crippen LogP contribution in [0.2, 0.25) is 0 Å². The molecule has 0 spiro atoms. The smallest absolute Gasteiger partial charge is 0.265 e. The molecule has 3 rings (SSSR count). The van der Waals surface area contributed by atoms with Crippen LogP contribution in [0.5, 0.6) is 0 Å². The molecule has 23 heavy (non-hydrogen) atoms. The Hall–Kier alpha value is -2.88. The SMILES string of the molecule is CC(=Nn1c(=O)c(C)c(-c2ccccc2)n1C)c1ccccc1. The van der Waals surface area contributed by atoms with Crippen molar-refractivity contribution in [3.05, 3.63) is 82.1 Å². The first-order valence-corrected chi connectivity index (χ1v) is 7.54. The second-order valence-corrected chi connectivity index (χ2v) is 5.51. The van der Waals surface area contributed by atoms with Crippen LogP contribution in [0.1, 0.15) is 18.1 Å². The van der Waals surface area contributed by atoms with Gasteiger partial charge in [0.15, 0.2) is 0 Å². The van der Waals surface area contributed by atoms with Crippen molar-refractivity contribution in [1.82, 2.24) is 9.47 Å². The highest BCUT2D eigenvalue weighted by Gasteiger charge is 2.15. The number of aromatic nitrogens is 2. The Balaban J connectivity index is 2.14. The van der Waals surface area contributed by atoms with Crippen LogP contribution in [0.4, 0.5) is 0 Å². The maximum atomic E-state index is 12.6. The van der Waals surface area contributed by atoms with E-state index in [0.717, 1.165) is 22.5 Å². The van der Waals surface area contributed by atoms with Gasteiger partial charge in [-0.3, -0.25) is 9.48 Å². The van der Waals surface area contributed by atoms with Crippen LogP contribution in [-0.4, -0.2) is 15.2 Å². The third-order valence-corrected chi connectivity index (χ3v) is 3.95. The molecule has 116 valence electrons. The Morgan fingerprint density at radius 1 is 0.957 bits per heavy atom. The first-order chi connectivity index (χ1) is 11.1. The maximum absolute atomic E-state index is 12.6. The van der Waals surface area contributed by atoms with Crippen molar-refractivity contribution in [2.24, 2.45) is 12.1 Å². The minimum absolute atomic E-state index is 0.0957. The van der Waals surface area contributed by atoms with Crippen molar-refractivity contribution < 1.29 is 0 Å². The van der Waals surface area contributed by atoms with Crippen molar-refractivity contribution in [2.45, 2.75) is 13.8 Å². The average Bonchev–Trinajstić information content (AvgIpc) is 2.80. The molecule has 3 aromatic rings. The summed E-state index contributed by atoms with van der Waals surface area (Å²) in [6, 6.07) is 19.7. The van der Waals surface area contributed by atoms with E-state index in [1.54, 1.807) is 4.68 Å². The number of hydrogen-bond acceptors (Lipinski definition) is 2. The van der Waals surface area contributed by atoms with E-state index in [1.807, 2.05) is 81.6 Å². The van der Waals surface area contributed by atoms with Gasteiger partial charge in [-0.2, -0.15) is 5.10 Å². The zero-order valence-corrected chi connectivity index (χ0v) is 13.5. The average molecular weight is 305 g/mol. The monoisotopic (exact) mass is 305 g/mol. The van der Waals surface area contributed by atoms with Gasteiger partial charge in [0.05, 0.1) is 11.4 Å². The molecule has 0 unspecified atom stereocenters. The Bertz CT molecular complexity index is 903. The number of hydrogen-bond donors (Lipinski definition) is 0. The van der Waals surface area contributed by atoms with Crippen LogP contribution in [-0.2, 0) is 7.05 Å². The molecule has 0 aliphatic carbocycles. The molecule has 2 aromatic carbocycles. The molecule has 1 aromatic heterocycles. The third-order valence-electron chi connectivity index (χ3n) is 3.95. The van der Waals surface area contributed by atoms with E-state index in [-0.39, 0.29) is 5.56 Å². The van der Waals surface area contributed by atoms with Crippen LogP contribution in [0.15, 0.2) is 70.6 Å². The maximum Gasteiger partial charge on any atom is 0.291 e. The molecule has 0 bridgehead atoms. The van der Waals surface area contributed by atoms with Gasteiger partial charge in [-0.25, -0.2) is 0 Å². The first kappa shape index (κ1) is 15.0. The van der Waals surface area contributed by atoms with Gasteiger partial charge in [-0.05, 0) is 19.4 Å². The Kier molecular flexibility index (Phi) is 3.98. The lowest BCUT2D eigenvalue weighted by molar-refractivity contribution is 0.569. The van der Waals surface area contributed by atoms with Gasteiger partial charge >= 0.3 is 0 Å². The van der Waals surface area contributed by atoms with Gasteiger partial charge in [0, 0.05) is 18.2 Å². The fourth-order valence-corrected chi connectivity index (χ4v) is 2.72. The predicted molar refractivity (Wildman–Crippen MR) is 93.9 cm³/mol. The highest BCUT2D eigenvalue weighted by atomic mass is 16.1. The van der Waals surface area contributed by atoms with Crippen LogP contribution < -0.4 is 5.56 Å². The minimum Gasteiger partial charge on any atom is -0.265 e. The van der Waals surface area contributed by atoms with Gasteiger partial charge < -0.3 is 0 Å². The summed E-state index contributed by atoms with van der Waals surface area (Å²) in [4.78, 5) is 14.0. The normalized spacial score (nSPS) is 11.7. The molecule has 0 radical (unpaired) electrons. The molecule has 4 nitrogen and oxygen atoms in total. The van der Waals surface area contributed by atoms with E-state index in [0.29, 0.717) is 5.56 Å². The zero-order valence-electron chi connectivity index (χ0n) is 13.5. The highest BCUT2D eigenvalue weighted by Crippen LogP contribution is 2.20. The zero-order chi connectivity index (χ0) is 16.4. The molecule has 1 heterocycles. The molecule has 0 aliphatic rings. The topological polar surface area (TPSA) is 39.3 Å². The van der Waals surface area contributed by atoms with E-state index < -0.39 is 0 Å². The standard InChI is InChI=1S/C19H19N3O/c1-14-18(17-12-8-5-9-13-17)21(3)22(19(14)23)20-15(2)16-10-6-4-7-11-16/h4-13H,1-3H3. The van der Waals surface area contributed by atoms with Crippen LogP contribution in [0.3, 0.4) is 0 Å². The largest absolute Gasteiger partial charge is 0.291 e. The lowest BCUT2D eigenvalue weighted by Gasteiger charge is -2.07. The summed E-state index contributed by atoms with van der Waals surface area (Å²) in [6.07, 6.45) is 0. The van der Waals surface area contributed by atoms with Crippen LogP contribution >= 0.6 is 0 Å². The fraction of sp³-hybridized carbons (Fsp3) is 0.158. The van der Waals surface area contributed by atoms with E-state index in [4.69, 9.17) is 0 Å². The van der Waals surface area contributed by atoms with Gasteiger partial charge in [0.25, 0.3) is 5.56 Å². The molecule has 0 amide bonds. The fourth-order valence-electron chi connectivity index (χ4n) is 2.72. The Labute approximate surface area is 135 Å². The van der Waals surface area contributed by atoms with Crippen molar-refractivity contribution in [1.29, 1.82) is 0 Å². The molecule has 0 atom stereocenters. The molecule has 0 saturated carbocycles. The van der Waals surface area contributed by atoms with Gasteiger partial charge in [-0.1, -0.05) is 60.7 Å². The summed E-state index contributed by atoms with van der Waals surface area (Å²) in [6.45, 7) is 3.75. The Morgan fingerprint density at radius 2 is 1.52 bits per heavy atom. The third kappa shape index (κ3) is 2.75. The lowest BCUT2D eigenvalue weighted by atomic mass is 10.1. The van der Waals surface area contributed by atoms with Crippen molar-refractivity contribution >= 4 is 5.71 Å². The summed E-state index contributed by atoms with van der Waals surface area (Å²) in [5, 5.41) is 4.52. The summed E-state index contributed by atoms with van der Waals surface area (Å²) in [5.74, 6) is 0. The highest BCUT2D eigenvalue weighted by molar-refractivity contribution is 5.98. The Morgan fingerprint density at radius 3 is 2.13 bits per heavy atom. The number of nitrogens with zero attached hydrogens (tertiary/aromatic N) is 3. The molecular formula is C19H19N3O. The predicted octanol–water partition coefficient (Wildman–Crippen LogP) is 3.43. The van der Waals surface area contributed by atoms with Crippen LogP contribution in [0, 0.1) is 6.92 Å². The summed E-state index contributed by atoms with van der Waals surface area (Å²) >= 11 is 0. The molecular weight excluding hydrogens is 286 g/mol. The quantitative estimate of drug-likeness (QED) is 0.683. The van der Waals surface area contributed by atoms with E-state index >= 15 is 0 Å². The second-order valence-electron chi connectivity index (χ2n) is 5.51. The second kappa shape index (κ2) is 6.08. The van der Waals surface area contributed by atoms with E-state index in [2.05, 4.69) is 5.10 Å². The molecule has 0 saturated heterocycles. The summed E-state index contributed by atoms with van der Waals surface area (Å²) in [5.41, 5.74) is 4.30. The van der Waals surface area contributed by atoms with Crippen LogP contribution in [0.25, 0.3) is 11.3 Å². The molecule has 0 fully saturated rings. The minimum atomic E-state index is -0.0957. The first-order valence-electron chi connectivity index (χ1n) is 7.54. The molecule has 0 N–H and O–H groups in total. The number of benzene rings is 2. The summed E-state index contributed by atoms with van der Waals surface area (Å²) in [7, 11) is 1.86. The van der Waals surface area contributed by atoms with Gasteiger partial charge in [0.1, 0.15) is 0 Å². The van der Waals surface area contributed by atoms with Crippen molar-refractivity contribution in [3.8, 4) is 11.3 Å². The van der Waals surface area contributed by atoms with E-state index in [9.17, 15) is 4.79 Å². The van der Waals surface area contributed by atoms with Crippen molar-refractivity contribution in [3.63, 3.8) is 0 Å². The van der Waals surface area contributed by atoms with Gasteiger partial charge in [-0.15, -0.1) is 4.79 Å². The molecule has 4 heteroatoms. The molecule has 0 aliphatic heterocycles.